The maximum Gasteiger partial charge on any atom is 0.101 e. The molecule has 0 saturated carbocycles. The second-order valence-electron chi connectivity index (χ2n) is 11.5. The number of nitrogens with zero attached hydrogens (tertiary/aromatic N) is 2. The summed E-state index contributed by atoms with van der Waals surface area (Å²) in [6, 6.07) is 0. The van der Waals surface area contributed by atoms with E-state index in [2.05, 4.69) is 43.0 Å². The molecule has 1 atom stereocenters. The van der Waals surface area contributed by atoms with E-state index < -0.39 is 0 Å². The van der Waals surface area contributed by atoms with Gasteiger partial charge >= 0.3 is 0 Å². The van der Waals surface area contributed by atoms with E-state index in [0.717, 1.165) is 0 Å². The molecule has 0 amide bonds. The van der Waals surface area contributed by atoms with Crippen molar-refractivity contribution >= 4 is 0 Å². The third-order valence-electron chi connectivity index (χ3n) is 8.07. The second kappa shape index (κ2) is 25.0. The molecule has 0 saturated heterocycles. The minimum atomic E-state index is 0.643. The maximum absolute atomic E-state index is 2.69. The minimum absolute atomic E-state index is 0.643. The molecule has 0 spiro atoms. The van der Waals surface area contributed by atoms with E-state index in [-0.39, 0.29) is 0 Å². The smallest absolute Gasteiger partial charge is 0.101 e. The molecule has 2 heteroatoms. The second-order valence-corrected chi connectivity index (χ2v) is 11.5. The predicted molar refractivity (Wildman–Crippen MR) is 159 cm³/mol. The molecular formula is C33H66N2. The van der Waals surface area contributed by atoms with Gasteiger partial charge in [0.05, 0.1) is 0 Å². The van der Waals surface area contributed by atoms with Crippen LogP contribution in [0, 0.1) is 0 Å². The summed E-state index contributed by atoms with van der Waals surface area (Å²) < 4.78 is 0. The molecular weight excluding hydrogens is 424 g/mol. The fourth-order valence-electron chi connectivity index (χ4n) is 5.66. The first kappa shape index (κ1) is 32.4. The Labute approximate surface area is 222 Å². The summed E-state index contributed by atoms with van der Waals surface area (Å²) in [5.41, 5.74) is 0. The van der Waals surface area contributed by atoms with E-state index in [9.17, 15) is 0 Å². The first-order valence-corrected chi connectivity index (χ1v) is 16.5. The normalized spacial score (nSPS) is 15.6. The average molecular weight is 491 g/mol. The van der Waals surface area contributed by atoms with Crippen LogP contribution in [0.1, 0.15) is 181 Å². The first-order chi connectivity index (χ1) is 17.3. The third kappa shape index (κ3) is 18.3. The Kier molecular flexibility index (Phi) is 23.1. The van der Waals surface area contributed by atoms with Gasteiger partial charge in [-0.3, -0.25) is 0 Å². The van der Waals surface area contributed by atoms with Crippen LogP contribution in [0.4, 0.5) is 0 Å². The van der Waals surface area contributed by atoms with Gasteiger partial charge in [-0.15, -0.1) is 0 Å². The Bertz CT molecular complexity index is 446. The molecule has 1 heterocycles. The molecule has 0 bridgehead atoms. The lowest BCUT2D eigenvalue weighted by atomic mass is 10.0. The van der Waals surface area contributed by atoms with Gasteiger partial charge in [-0.1, -0.05) is 156 Å². The van der Waals surface area contributed by atoms with Gasteiger partial charge in [-0.25, -0.2) is 0 Å². The summed E-state index contributed by atoms with van der Waals surface area (Å²) in [5, 5.41) is 0. The third-order valence-corrected chi connectivity index (χ3v) is 8.07. The number of rotatable bonds is 27. The Morgan fingerprint density at radius 3 is 1.00 bits per heavy atom. The minimum Gasteiger partial charge on any atom is -0.356 e. The summed E-state index contributed by atoms with van der Waals surface area (Å²) in [4.78, 5) is 5.37. The Balaban J connectivity index is 2.16. The molecule has 0 aliphatic carbocycles. The molecule has 1 rings (SSSR count). The van der Waals surface area contributed by atoms with Gasteiger partial charge in [0.15, 0.2) is 0 Å². The highest BCUT2D eigenvalue weighted by Gasteiger charge is 2.24. The molecule has 0 radical (unpaired) electrons. The zero-order chi connectivity index (χ0) is 25.2. The summed E-state index contributed by atoms with van der Waals surface area (Å²) in [5.74, 6) is 0. The molecule has 0 fully saturated rings. The first-order valence-electron chi connectivity index (χ1n) is 16.5. The lowest BCUT2D eigenvalue weighted by Gasteiger charge is -2.33. The van der Waals surface area contributed by atoms with E-state index in [1.165, 1.54) is 174 Å². The Morgan fingerprint density at radius 1 is 0.371 bits per heavy atom. The van der Waals surface area contributed by atoms with Crippen molar-refractivity contribution in [3.8, 4) is 0 Å². The van der Waals surface area contributed by atoms with Gasteiger partial charge in [0.25, 0.3) is 0 Å². The summed E-state index contributed by atoms with van der Waals surface area (Å²) >= 11 is 0. The quantitative estimate of drug-likeness (QED) is 0.106. The van der Waals surface area contributed by atoms with Crippen molar-refractivity contribution < 1.29 is 0 Å². The number of hydrogen-bond donors (Lipinski definition) is 0. The lowest BCUT2D eigenvalue weighted by molar-refractivity contribution is 0.135. The molecule has 1 unspecified atom stereocenters. The van der Waals surface area contributed by atoms with E-state index in [1.807, 2.05) is 0 Å². The van der Waals surface area contributed by atoms with Crippen molar-refractivity contribution in [2.75, 3.05) is 13.1 Å². The van der Waals surface area contributed by atoms with Crippen molar-refractivity contribution in [3.05, 3.63) is 12.4 Å². The standard InChI is InChI=1S/C33H66N2/c1-4-7-10-13-15-16-17-18-19-20-21-24-27-30-35-32-31-34(29-26-23-12-9-6-3)33(35)28-25-22-14-11-8-5-2/h31-33H,4-30H2,1-3H3. The van der Waals surface area contributed by atoms with Gasteiger partial charge < -0.3 is 9.80 Å². The van der Waals surface area contributed by atoms with E-state index in [1.54, 1.807) is 0 Å². The number of unbranched alkanes of at least 4 members (excludes halogenated alkanes) is 21. The molecule has 0 aromatic rings. The summed E-state index contributed by atoms with van der Waals surface area (Å²) in [6.45, 7) is 9.46. The van der Waals surface area contributed by atoms with Crippen LogP contribution in [0.3, 0.4) is 0 Å². The van der Waals surface area contributed by atoms with Crippen molar-refractivity contribution in [1.29, 1.82) is 0 Å². The van der Waals surface area contributed by atoms with Crippen molar-refractivity contribution in [2.24, 2.45) is 0 Å². The summed E-state index contributed by atoms with van der Waals surface area (Å²) in [6.07, 6.45) is 41.0. The van der Waals surface area contributed by atoms with Crippen LogP contribution in [0.15, 0.2) is 12.4 Å². The Morgan fingerprint density at radius 2 is 0.657 bits per heavy atom. The van der Waals surface area contributed by atoms with Crippen molar-refractivity contribution in [1.82, 2.24) is 9.80 Å². The van der Waals surface area contributed by atoms with Crippen LogP contribution in [0.2, 0.25) is 0 Å². The average Bonchev–Trinajstić information content (AvgIpc) is 3.25. The van der Waals surface area contributed by atoms with Crippen LogP contribution in [-0.2, 0) is 0 Å². The van der Waals surface area contributed by atoms with Gasteiger partial charge in [0, 0.05) is 25.5 Å². The molecule has 35 heavy (non-hydrogen) atoms. The highest BCUT2D eigenvalue weighted by atomic mass is 15.4. The van der Waals surface area contributed by atoms with Gasteiger partial charge in [-0.05, 0) is 25.7 Å². The number of hydrogen-bond acceptors (Lipinski definition) is 2. The maximum atomic E-state index is 2.69. The van der Waals surface area contributed by atoms with E-state index in [0.29, 0.717) is 6.17 Å². The molecule has 2 nitrogen and oxygen atoms in total. The van der Waals surface area contributed by atoms with Gasteiger partial charge in [0.2, 0.25) is 0 Å². The predicted octanol–water partition coefficient (Wildman–Crippen LogP) is 11.2. The molecule has 1 aliphatic heterocycles. The van der Waals surface area contributed by atoms with Gasteiger partial charge in [-0.2, -0.15) is 0 Å². The molecule has 208 valence electrons. The van der Waals surface area contributed by atoms with E-state index >= 15 is 0 Å². The highest BCUT2D eigenvalue weighted by Crippen LogP contribution is 2.24. The van der Waals surface area contributed by atoms with Crippen LogP contribution in [-0.4, -0.2) is 29.1 Å². The fraction of sp³-hybridized carbons (Fsp3) is 0.939. The van der Waals surface area contributed by atoms with Crippen LogP contribution < -0.4 is 0 Å². The van der Waals surface area contributed by atoms with Crippen LogP contribution >= 0.6 is 0 Å². The topological polar surface area (TPSA) is 6.48 Å². The van der Waals surface area contributed by atoms with Crippen LogP contribution in [0.5, 0.6) is 0 Å². The highest BCUT2D eigenvalue weighted by molar-refractivity contribution is 4.97. The zero-order valence-electron chi connectivity index (χ0n) is 24.7. The SMILES string of the molecule is CCCCCCCCCCCCCCCN1C=CN(CCCCCCC)C1CCCCCCCC. The zero-order valence-corrected chi connectivity index (χ0v) is 24.7. The fourth-order valence-corrected chi connectivity index (χ4v) is 5.66. The molecule has 0 aromatic carbocycles. The van der Waals surface area contributed by atoms with Gasteiger partial charge in [0.1, 0.15) is 6.17 Å². The lowest BCUT2D eigenvalue weighted by Crippen LogP contribution is -2.39. The van der Waals surface area contributed by atoms with Crippen LogP contribution in [0.25, 0.3) is 0 Å². The molecule has 1 aliphatic rings. The molecule has 0 N–H and O–H groups in total. The van der Waals surface area contributed by atoms with Crippen molar-refractivity contribution in [3.63, 3.8) is 0 Å². The molecule has 0 aromatic heterocycles. The summed E-state index contributed by atoms with van der Waals surface area (Å²) in [7, 11) is 0. The monoisotopic (exact) mass is 491 g/mol. The Hall–Kier alpha value is -0.660. The van der Waals surface area contributed by atoms with Crippen molar-refractivity contribution in [2.45, 2.75) is 187 Å². The largest absolute Gasteiger partial charge is 0.356 e. The van der Waals surface area contributed by atoms with E-state index in [4.69, 9.17) is 0 Å².